The average Bonchev–Trinajstić information content (AvgIpc) is 2.34. The molecular weight excluding hydrogens is 290 g/mol. The smallest absolute Gasteiger partial charge is 0.133 e. The standard InChI is InChI=1S/C15H24BrNO/c1-5-9-18-14-8-7-12(10-13(14)16)15(11(3)4)17-6-2/h7-8,10-11,15,17H,5-6,9H2,1-4H3. The molecule has 1 aromatic rings. The van der Waals surface area contributed by atoms with Crippen LogP contribution in [0, 0.1) is 5.92 Å². The molecule has 1 unspecified atom stereocenters. The van der Waals surface area contributed by atoms with Gasteiger partial charge < -0.3 is 10.1 Å². The SMILES string of the molecule is CCCOc1ccc(C(NCC)C(C)C)cc1Br. The van der Waals surface area contributed by atoms with E-state index >= 15 is 0 Å². The second-order valence-corrected chi connectivity index (χ2v) is 5.67. The summed E-state index contributed by atoms with van der Waals surface area (Å²) in [6.45, 7) is 10.5. The summed E-state index contributed by atoms with van der Waals surface area (Å²) in [6, 6.07) is 6.77. The van der Waals surface area contributed by atoms with E-state index in [0.29, 0.717) is 12.0 Å². The van der Waals surface area contributed by atoms with E-state index in [0.717, 1.165) is 29.8 Å². The van der Waals surface area contributed by atoms with Gasteiger partial charge in [0.05, 0.1) is 11.1 Å². The third-order valence-electron chi connectivity index (χ3n) is 2.87. The fourth-order valence-electron chi connectivity index (χ4n) is 2.00. The first-order chi connectivity index (χ1) is 8.60. The molecule has 102 valence electrons. The first kappa shape index (κ1) is 15.5. The molecule has 0 saturated carbocycles. The van der Waals surface area contributed by atoms with Crippen LogP contribution in [0.4, 0.5) is 0 Å². The maximum atomic E-state index is 5.67. The molecule has 2 nitrogen and oxygen atoms in total. The minimum absolute atomic E-state index is 0.395. The maximum Gasteiger partial charge on any atom is 0.133 e. The van der Waals surface area contributed by atoms with Crippen molar-refractivity contribution < 1.29 is 4.74 Å². The normalized spacial score (nSPS) is 12.8. The van der Waals surface area contributed by atoms with Crippen molar-refractivity contribution >= 4 is 15.9 Å². The molecule has 1 aromatic carbocycles. The molecule has 0 saturated heterocycles. The van der Waals surface area contributed by atoms with Crippen LogP contribution in [0.2, 0.25) is 0 Å². The van der Waals surface area contributed by atoms with Crippen molar-refractivity contribution in [2.75, 3.05) is 13.2 Å². The van der Waals surface area contributed by atoms with Gasteiger partial charge in [0, 0.05) is 6.04 Å². The molecule has 0 fully saturated rings. The highest BCUT2D eigenvalue weighted by Crippen LogP contribution is 2.30. The summed E-state index contributed by atoms with van der Waals surface area (Å²) >= 11 is 3.59. The van der Waals surface area contributed by atoms with Gasteiger partial charge in [-0.15, -0.1) is 0 Å². The van der Waals surface area contributed by atoms with Gasteiger partial charge in [-0.3, -0.25) is 0 Å². The molecule has 0 aliphatic carbocycles. The summed E-state index contributed by atoms with van der Waals surface area (Å²) in [7, 11) is 0. The lowest BCUT2D eigenvalue weighted by molar-refractivity contribution is 0.315. The van der Waals surface area contributed by atoms with Crippen LogP contribution < -0.4 is 10.1 Å². The summed E-state index contributed by atoms with van der Waals surface area (Å²) < 4.78 is 6.71. The van der Waals surface area contributed by atoms with Gasteiger partial charge in [0.25, 0.3) is 0 Å². The Hall–Kier alpha value is -0.540. The van der Waals surface area contributed by atoms with E-state index in [9.17, 15) is 0 Å². The number of nitrogens with one attached hydrogen (secondary N) is 1. The molecule has 0 aliphatic rings. The second-order valence-electron chi connectivity index (χ2n) is 4.82. The summed E-state index contributed by atoms with van der Waals surface area (Å²) in [6.07, 6.45) is 1.03. The van der Waals surface area contributed by atoms with E-state index in [2.05, 4.69) is 67.1 Å². The monoisotopic (exact) mass is 313 g/mol. The van der Waals surface area contributed by atoms with Crippen molar-refractivity contribution in [2.45, 2.75) is 40.2 Å². The Kier molecular flexibility index (Phi) is 6.72. The number of rotatable bonds is 7. The van der Waals surface area contributed by atoms with Gasteiger partial charge in [0.1, 0.15) is 5.75 Å². The van der Waals surface area contributed by atoms with Crippen LogP contribution in [0.3, 0.4) is 0 Å². The van der Waals surface area contributed by atoms with E-state index in [1.807, 2.05) is 0 Å². The third kappa shape index (κ3) is 4.29. The van der Waals surface area contributed by atoms with Crippen LogP contribution >= 0.6 is 15.9 Å². The molecular formula is C15H24BrNO. The van der Waals surface area contributed by atoms with Crippen molar-refractivity contribution in [3.8, 4) is 5.75 Å². The number of ether oxygens (including phenoxy) is 1. The van der Waals surface area contributed by atoms with Crippen molar-refractivity contribution in [2.24, 2.45) is 5.92 Å². The quantitative estimate of drug-likeness (QED) is 0.797. The van der Waals surface area contributed by atoms with Gasteiger partial charge in [0.2, 0.25) is 0 Å². The number of halogens is 1. The Morgan fingerprint density at radius 3 is 2.50 bits per heavy atom. The number of hydrogen-bond donors (Lipinski definition) is 1. The zero-order valence-electron chi connectivity index (χ0n) is 11.8. The highest BCUT2D eigenvalue weighted by Gasteiger charge is 2.15. The summed E-state index contributed by atoms with van der Waals surface area (Å²) in [5, 5.41) is 3.53. The topological polar surface area (TPSA) is 21.3 Å². The van der Waals surface area contributed by atoms with Crippen molar-refractivity contribution in [1.82, 2.24) is 5.32 Å². The van der Waals surface area contributed by atoms with E-state index in [1.54, 1.807) is 0 Å². The first-order valence-corrected chi connectivity index (χ1v) is 7.55. The van der Waals surface area contributed by atoms with Gasteiger partial charge in [-0.2, -0.15) is 0 Å². The predicted octanol–water partition coefficient (Wildman–Crippen LogP) is 4.54. The van der Waals surface area contributed by atoms with Gasteiger partial charge in [-0.1, -0.05) is 33.8 Å². The zero-order chi connectivity index (χ0) is 13.5. The Balaban J connectivity index is 2.87. The fourth-order valence-corrected chi connectivity index (χ4v) is 2.51. The van der Waals surface area contributed by atoms with Crippen LogP contribution in [0.5, 0.6) is 5.75 Å². The molecule has 3 heteroatoms. The van der Waals surface area contributed by atoms with Gasteiger partial charge >= 0.3 is 0 Å². The number of hydrogen-bond acceptors (Lipinski definition) is 2. The van der Waals surface area contributed by atoms with Crippen LogP contribution in [-0.2, 0) is 0 Å². The molecule has 0 heterocycles. The average molecular weight is 314 g/mol. The molecule has 18 heavy (non-hydrogen) atoms. The highest BCUT2D eigenvalue weighted by molar-refractivity contribution is 9.10. The predicted molar refractivity (Wildman–Crippen MR) is 81.2 cm³/mol. The van der Waals surface area contributed by atoms with E-state index in [-0.39, 0.29) is 0 Å². The Bertz CT molecular complexity index is 366. The molecule has 0 aliphatic heterocycles. The van der Waals surface area contributed by atoms with E-state index < -0.39 is 0 Å². The Labute approximate surface area is 119 Å². The Morgan fingerprint density at radius 1 is 1.28 bits per heavy atom. The molecule has 0 aromatic heterocycles. The lowest BCUT2D eigenvalue weighted by Crippen LogP contribution is -2.25. The Morgan fingerprint density at radius 2 is 2.00 bits per heavy atom. The summed E-state index contributed by atoms with van der Waals surface area (Å²) in [4.78, 5) is 0. The van der Waals surface area contributed by atoms with Crippen LogP contribution in [0.15, 0.2) is 22.7 Å². The lowest BCUT2D eigenvalue weighted by atomic mass is 9.96. The minimum Gasteiger partial charge on any atom is -0.492 e. The van der Waals surface area contributed by atoms with Crippen molar-refractivity contribution in [3.05, 3.63) is 28.2 Å². The van der Waals surface area contributed by atoms with E-state index in [4.69, 9.17) is 4.74 Å². The molecule has 1 rings (SSSR count). The van der Waals surface area contributed by atoms with Crippen LogP contribution in [-0.4, -0.2) is 13.2 Å². The summed E-state index contributed by atoms with van der Waals surface area (Å²) in [5.74, 6) is 1.50. The zero-order valence-corrected chi connectivity index (χ0v) is 13.4. The first-order valence-electron chi connectivity index (χ1n) is 6.75. The largest absolute Gasteiger partial charge is 0.492 e. The maximum absolute atomic E-state index is 5.67. The summed E-state index contributed by atoms with van der Waals surface area (Å²) in [5.41, 5.74) is 1.31. The second kappa shape index (κ2) is 7.80. The molecule has 0 amide bonds. The lowest BCUT2D eigenvalue weighted by Gasteiger charge is -2.23. The fraction of sp³-hybridized carbons (Fsp3) is 0.600. The number of benzene rings is 1. The van der Waals surface area contributed by atoms with Gasteiger partial charge in [-0.25, -0.2) is 0 Å². The molecule has 0 spiro atoms. The van der Waals surface area contributed by atoms with Crippen LogP contribution in [0.25, 0.3) is 0 Å². The minimum atomic E-state index is 0.395. The van der Waals surface area contributed by atoms with Crippen LogP contribution in [0.1, 0.15) is 45.7 Å². The van der Waals surface area contributed by atoms with Gasteiger partial charge in [-0.05, 0) is 52.5 Å². The van der Waals surface area contributed by atoms with E-state index in [1.165, 1.54) is 5.56 Å². The molecule has 1 atom stereocenters. The highest BCUT2D eigenvalue weighted by atomic mass is 79.9. The molecule has 0 radical (unpaired) electrons. The molecule has 0 bridgehead atoms. The van der Waals surface area contributed by atoms with Gasteiger partial charge in [0.15, 0.2) is 0 Å². The molecule has 1 N–H and O–H groups in total. The van der Waals surface area contributed by atoms with Crippen molar-refractivity contribution in [3.63, 3.8) is 0 Å². The third-order valence-corrected chi connectivity index (χ3v) is 3.49. The van der Waals surface area contributed by atoms with Crippen molar-refractivity contribution in [1.29, 1.82) is 0 Å².